The molecule has 1 aromatic carbocycles. The molecule has 0 radical (unpaired) electrons. The second-order valence-corrected chi connectivity index (χ2v) is 7.66. The van der Waals surface area contributed by atoms with Crippen LogP contribution < -0.4 is 5.73 Å². The van der Waals surface area contributed by atoms with Crippen LogP contribution in [0.15, 0.2) is 24.3 Å². The summed E-state index contributed by atoms with van der Waals surface area (Å²) >= 11 is 1.69. The molecule has 1 atom stereocenters. The molecular formula is C17H26N2OS. The molecule has 4 heteroatoms. The minimum Gasteiger partial charge on any atom is -0.341 e. The van der Waals surface area contributed by atoms with Gasteiger partial charge in [0.25, 0.3) is 0 Å². The lowest BCUT2D eigenvalue weighted by atomic mass is 9.80. The van der Waals surface area contributed by atoms with Crippen LogP contribution in [-0.2, 0) is 10.5 Å². The Morgan fingerprint density at radius 3 is 2.67 bits per heavy atom. The molecule has 1 aliphatic heterocycles. The first-order valence-corrected chi connectivity index (χ1v) is 8.70. The number of benzene rings is 1. The number of amides is 1. The van der Waals surface area contributed by atoms with Crippen molar-refractivity contribution in [3.05, 3.63) is 35.4 Å². The molecule has 1 heterocycles. The van der Waals surface area contributed by atoms with Crippen LogP contribution in [0.3, 0.4) is 0 Å². The van der Waals surface area contributed by atoms with E-state index in [2.05, 4.69) is 45.0 Å². The molecule has 3 nitrogen and oxygen atoms in total. The summed E-state index contributed by atoms with van der Waals surface area (Å²) in [7, 11) is 0. The molecule has 1 amide bonds. The van der Waals surface area contributed by atoms with E-state index >= 15 is 0 Å². The second kappa shape index (κ2) is 6.84. The van der Waals surface area contributed by atoms with Gasteiger partial charge in [0.2, 0.25) is 5.91 Å². The predicted octanol–water partition coefficient (Wildman–Crippen LogP) is 2.81. The summed E-state index contributed by atoms with van der Waals surface area (Å²) in [6.07, 6.45) is 0.904. The lowest BCUT2D eigenvalue weighted by Crippen LogP contribution is -2.54. The molecule has 0 spiro atoms. The molecule has 0 bridgehead atoms. The molecule has 1 aliphatic rings. The molecule has 0 saturated carbocycles. The van der Waals surface area contributed by atoms with E-state index in [1.165, 1.54) is 11.1 Å². The Kier molecular flexibility index (Phi) is 5.33. The zero-order valence-electron chi connectivity index (χ0n) is 13.3. The van der Waals surface area contributed by atoms with Gasteiger partial charge in [0.15, 0.2) is 0 Å². The predicted molar refractivity (Wildman–Crippen MR) is 90.3 cm³/mol. The van der Waals surface area contributed by atoms with Gasteiger partial charge in [0.05, 0.1) is 5.75 Å². The smallest absolute Gasteiger partial charge is 0.232 e. The first kappa shape index (κ1) is 16.4. The molecule has 1 fully saturated rings. The number of hydrogen-bond donors (Lipinski definition) is 1. The molecule has 2 N–H and O–H groups in total. The number of nitrogens with zero attached hydrogens (tertiary/aromatic N) is 1. The first-order chi connectivity index (χ1) is 9.88. The van der Waals surface area contributed by atoms with Crippen LogP contribution in [0.25, 0.3) is 0 Å². The molecular weight excluding hydrogens is 280 g/mol. The molecule has 1 saturated heterocycles. The summed E-state index contributed by atoms with van der Waals surface area (Å²) in [5, 5.41) is 0. The number of carbonyl (C=O) groups is 1. The minimum absolute atomic E-state index is 0.0233. The van der Waals surface area contributed by atoms with E-state index in [1.54, 1.807) is 11.8 Å². The van der Waals surface area contributed by atoms with Crippen LogP contribution in [0, 0.1) is 12.3 Å². The van der Waals surface area contributed by atoms with Gasteiger partial charge in [0.1, 0.15) is 0 Å². The van der Waals surface area contributed by atoms with Crippen molar-refractivity contribution in [2.75, 3.05) is 18.8 Å². The third-order valence-electron chi connectivity index (χ3n) is 4.28. The zero-order chi connectivity index (χ0) is 15.5. The molecule has 21 heavy (non-hydrogen) atoms. The van der Waals surface area contributed by atoms with Gasteiger partial charge in [-0.3, -0.25) is 4.79 Å². The molecule has 1 aromatic rings. The van der Waals surface area contributed by atoms with Crippen LogP contribution in [-0.4, -0.2) is 35.7 Å². The number of rotatable bonds is 4. The van der Waals surface area contributed by atoms with Crippen LogP contribution in [0.1, 0.15) is 31.4 Å². The third kappa shape index (κ3) is 4.48. The van der Waals surface area contributed by atoms with Gasteiger partial charge in [-0.15, -0.1) is 11.8 Å². The van der Waals surface area contributed by atoms with Gasteiger partial charge in [-0.25, -0.2) is 0 Å². The summed E-state index contributed by atoms with van der Waals surface area (Å²) in [5.41, 5.74) is 8.69. The Bertz CT molecular complexity index is 484. The number of nitrogens with two attached hydrogens (primary N) is 1. The SMILES string of the molecule is Cc1ccc(CSCC(=O)N2CCC(N)C(C)(C)C2)cc1. The van der Waals surface area contributed by atoms with E-state index < -0.39 is 0 Å². The van der Waals surface area contributed by atoms with Gasteiger partial charge in [-0.2, -0.15) is 0 Å². The Balaban J connectivity index is 1.78. The second-order valence-electron chi connectivity index (χ2n) is 6.68. The fourth-order valence-corrected chi connectivity index (χ4v) is 3.51. The Morgan fingerprint density at radius 1 is 1.38 bits per heavy atom. The number of aryl methyl sites for hydroxylation is 1. The number of piperidine rings is 1. The van der Waals surface area contributed by atoms with Crippen molar-refractivity contribution >= 4 is 17.7 Å². The van der Waals surface area contributed by atoms with Crippen LogP contribution in [0.2, 0.25) is 0 Å². The van der Waals surface area contributed by atoms with Crippen molar-refractivity contribution in [2.24, 2.45) is 11.1 Å². The lowest BCUT2D eigenvalue weighted by molar-refractivity contribution is -0.131. The lowest BCUT2D eigenvalue weighted by Gasteiger charge is -2.42. The first-order valence-electron chi connectivity index (χ1n) is 7.55. The van der Waals surface area contributed by atoms with Crippen molar-refractivity contribution in [3.63, 3.8) is 0 Å². The van der Waals surface area contributed by atoms with E-state index in [1.807, 2.05) is 4.90 Å². The van der Waals surface area contributed by atoms with Gasteiger partial charge >= 0.3 is 0 Å². The maximum Gasteiger partial charge on any atom is 0.232 e. The average Bonchev–Trinajstić information content (AvgIpc) is 2.44. The summed E-state index contributed by atoms with van der Waals surface area (Å²) in [5.74, 6) is 1.69. The van der Waals surface area contributed by atoms with E-state index in [0.29, 0.717) is 5.75 Å². The number of carbonyl (C=O) groups excluding carboxylic acids is 1. The fraction of sp³-hybridized carbons (Fsp3) is 0.588. The highest BCUT2D eigenvalue weighted by Crippen LogP contribution is 2.28. The van der Waals surface area contributed by atoms with Crippen molar-refractivity contribution in [1.29, 1.82) is 0 Å². The van der Waals surface area contributed by atoms with Crippen molar-refractivity contribution in [3.8, 4) is 0 Å². The summed E-state index contributed by atoms with van der Waals surface area (Å²) < 4.78 is 0. The normalized spacial score (nSPS) is 21.3. The summed E-state index contributed by atoms with van der Waals surface area (Å²) in [6, 6.07) is 8.70. The van der Waals surface area contributed by atoms with E-state index in [-0.39, 0.29) is 17.4 Å². The Labute approximate surface area is 132 Å². The monoisotopic (exact) mass is 306 g/mol. The number of likely N-dealkylation sites (tertiary alicyclic amines) is 1. The Morgan fingerprint density at radius 2 is 2.05 bits per heavy atom. The van der Waals surface area contributed by atoms with Gasteiger partial charge < -0.3 is 10.6 Å². The molecule has 0 aromatic heterocycles. The Hall–Kier alpha value is -1.00. The zero-order valence-corrected chi connectivity index (χ0v) is 14.1. The quantitative estimate of drug-likeness (QED) is 0.930. The largest absolute Gasteiger partial charge is 0.341 e. The van der Waals surface area contributed by atoms with Crippen molar-refractivity contribution < 1.29 is 4.79 Å². The molecule has 0 aliphatic carbocycles. The maximum atomic E-state index is 12.3. The highest BCUT2D eigenvalue weighted by molar-refractivity contribution is 7.99. The van der Waals surface area contributed by atoms with Crippen LogP contribution in [0.4, 0.5) is 0 Å². The summed E-state index contributed by atoms with van der Waals surface area (Å²) in [4.78, 5) is 14.3. The highest BCUT2D eigenvalue weighted by atomic mass is 32.2. The van der Waals surface area contributed by atoms with E-state index in [4.69, 9.17) is 5.73 Å². The number of hydrogen-bond acceptors (Lipinski definition) is 3. The van der Waals surface area contributed by atoms with Crippen LogP contribution >= 0.6 is 11.8 Å². The summed E-state index contributed by atoms with van der Waals surface area (Å²) in [6.45, 7) is 7.96. The van der Waals surface area contributed by atoms with E-state index in [0.717, 1.165) is 25.3 Å². The maximum absolute atomic E-state index is 12.3. The van der Waals surface area contributed by atoms with E-state index in [9.17, 15) is 4.79 Å². The van der Waals surface area contributed by atoms with Gasteiger partial charge in [-0.1, -0.05) is 43.7 Å². The molecule has 2 rings (SSSR count). The van der Waals surface area contributed by atoms with Gasteiger partial charge in [-0.05, 0) is 24.3 Å². The standard InChI is InChI=1S/C17H26N2OS/c1-13-4-6-14(7-5-13)10-21-11-16(20)19-9-8-15(18)17(2,3)12-19/h4-7,15H,8-12,18H2,1-3H3. The molecule has 116 valence electrons. The third-order valence-corrected chi connectivity index (χ3v) is 5.27. The minimum atomic E-state index is 0.0233. The topological polar surface area (TPSA) is 46.3 Å². The fourth-order valence-electron chi connectivity index (χ4n) is 2.62. The average molecular weight is 306 g/mol. The van der Waals surface area contributed by atoms with Crippen molar-refractivity contribution in [1.82, 2.24) is 4.90 Å². The van der Waals surface area contributed by atoms with Crippen LogP contribution in [0.5, 0.6) is 0 Å². The highest BCUT2D eigenvalue weighted by Gasteiger charge is 2.35. The van der Waals surface area contributed by atoms with Gasteiger partial charge in [0, 0.05) is 24.9 Å². The molecule has 1 unspecified atom stereocenters. The van der Waals surface area contributed by atoms with Crippen molar-refractivity contribution in [2.45, 2.75) is 39.0 Å². The number of thioether (sulfide) groups is 1.